The highest BCUT2D eigenvalue weighted by molar-refractivity contribution is 5.95. The van der Waals surface area contributed by atoms with Crippen molar-refractivity contribution < 1.29 is 9.72 Å². The van der Waals surface area contributed by atoms with Gasteiger partial charge in [-0.15, -0.1) is 0 Å². The summed E-state index contributed by atoms with van der Waals surface area (Å²) in [6.07, 6.45) is 3.47. The molecule has 0 saturated heterocycles. The predicted octanol–water partition coefficient (Wildman–Crippen LogP) is 3.41. The van der Waals surface area contributed by atoms with Crippen LogP contribution in [-0.2, 0) is 0 Å². The zero-order valence-electron chi connectivity index (χ0n) is 12.5. The highest BCUT2D eigenvalue weighted by atomic mass is 16.6. The van der Waals surface area contributed by atoms with E-state index in [4.69, 9.17) is 0 Å². The summed E-state index contributed by atoms with van der Waals surface area (Å²) < 4.78 is 0. The first-order chi connectivity index (χ1) is 11.1. The molecule has 0 heterocycles. The van der Waals surface area contributed by atoms with Crippen LogP contribution >= 0.6 is 0 Å². The Morgan fingerprint density at radius 1 is 1.13 bits per heavy atom. The van der Waals surface area contributed by atoms with Gasteiger partial charge >= 0.3 is 0 Å². The van der Waals surface area contributed by atoms with Crippen molar-refractivity contribution in [1.29, 1.82) is 0 Å². The van der Waals surface area contributed by atoms with Gasteiger partial charge in [0.2, 0.25) is 0 Å². The van der Waals surface area contributed by atoms with E-state index < -0.39 is 10.8 Å². The summed E-state index contributed by atoms with van der Waals surface area (Å²) in [7, 11) is 0. The highest BCUT2D eigenvalue weighted by Gasteiger charge is 2.08. The maximum absolute atomic E-state index is 11.9. The molecule has 116 valence electrons. The van der Waals surface area contributed by atoms with Crippen molar-refractivity contribution >= 4 is 23.9 Å². The molecule has 6 heteroatoms. The number of benzene rings is 2. The Morgan fingerprint density at radius 2 is 1.78 bits per heavy atom. The van der Waals surface area contributed by atoms with Crippen LogP contribution in [0.4, 0.5) is 5.69 Å². The van der Waals surface area contributed by atoms with Gasteiger partial charge in [-0.2, -0.15) is 5.10 Å². The van der Waals surface area contributed by atoms with Crippen molar-refractivity contribution in [2.45, 2.75) is 6.92 Å². The number of hydrazone groups is 1. The molecule has 2 aromatic rings. The van der Waals surface area contributed by atoms with Crippen LogP contribution in [0.15, 0.2) is 65.3 Å². The zero-order chi connectivity index (χ0) is 16.7. The van der Waals surface area contributed by atoms with Crippen LogP contribution in [-0.4, -0.2) is 17.0 Å². The maximum atomic E-state index is 11.9. The fraction of sp³-hybridized carbons (Fsp3) is 0.0588. The van der Waals surface area contributed by atoms with Gasteiger partial charge in [-0.1, -0.05) is 36.4 Å². The Hall–Kier alpha value is -3.28. The molecule has 0 aromatic heterocycles. The summed E-state index contributed by atoms with van der Waals surface area (Å²) in [5, 5.41) is 14.4. The maximum Gasteiger partial charge on any atom is 0.271 e. The van der Waals surface area contributed by atoms with Crippen LogP contribution in [0.1, 0.15) is 22.8 Å². The second-order valence-corrected chi connectivity index (χ2v) is 4.80. The smallest absolute Gasteiger partial charge is 0.267 e. The Balaban J connectivity index is 1.95. The highest BCUT2D eigenvalue weighted by Crippen LogP contribution is 2.11. The lowest BCUT2D eigenvalue weighted by Crippen LogP contribution is -2.17. The van der Waals surface area contributed by atoms with Crippen molar-refractivity contribution in [3.63, 3.8) is 0 Å². The van der Waals surface area contributed by atoms with Crippen LogP contribution in [0.3, 0.4) is 0 Å². The normalized spacial score (nSPS) is 11.4. The number of rotatable bonds is 5. The average molecular weight is 309 g/mol. The molecule has 2 rings (SSSR count). The number of nitro groups is 1. The standard InChI is InChI=1S/C17H15N3O3/c1-13(11-14-5-3-2-4-6-14)12-18-19-17(21)15-7-9-16(10-8-15)20(22)23/h2-12H,1H3,(H,19,21). The molecule has 0 bridgehead atoms. The number of non-ortho nitro benzene ring substituents is 1. The Labute approximate surface area is 133 Å². The number of hydrogen-bond donors (Lipinski definition) is 1. The minimum atomic E-state index is -0.516. The number of nitrogens with zero attached hydrogens (tertiary/aromatic N) is 2. The van der Waals surface area contributed by atoms with Crippen molar-refractivity contribution in [1.82, 2.24) is 5.43 Å². The average Bonchev–Trinajstić information content (AvgIpc) is 2.55. The molecule has 0 aliphatic rings. The summed E-state index contributed by atoms with van der Waals surface area (Å²) in [6.45, 7) is 1.87. The third kappa shape index (κ3) is 4.89. The van der Waals surface area contributed by atoms with Gasteiger partial charge in [-0.3, -0.25) is 14.9 Å². The first kappa shape index (κ1) is 16.1. The quantitative estimate of drug-likeness (QED) is 0.522. The molecule has 0 spiro atoms. The molecule has 2 aromatic carbocycles. The molecule has 0 fully saturated rings. The summed E-state index contributed by atoms with van der Waals surface area (Å²) in [5.41, 5.74) is 4.54. The Bertz CT molecular complexity index is 750. The van der Waals surface area contributed by atoms with Gasteiger partial charge in [-0.05, 0) is 30.2 Å². The summed E-state index contributed by atoms with van der Waals surface area (Å²) >= 11 is 0. The first-order valence-corrected chi connectivity index (χ1v) is 6.87. The lowest BCUT2D eigenvalue weighted by Gasteiger charge is -1.99. The largest absolute Gasteiger partial charge is 0.271 e. The molecule has 1 amide bonds. The van der Waals surface area contributed by atoms with E-state index >= 15 is 0 Å². The number of hydrogen-bond acceptors (Lipinski definition) is 4. The number of allylic oxidation sites excluding steroid dienone is 1. The summed E-state index contributed by atoms with van der Waals surface area (Å²) in [5.74, 6) is -0.427. The molecule has 0 unspecified atom stereocenters. The van der Waals surface area contributed by atoms with Crippen molar-refractivity contribution in [2.24, 2.45) is 5.10 Å². The van der Waals surface area contributed by atoms with E-state index in [-0.39, 0.29) is 5.69 Å². The SMILES string of the molecule is CC(C=NNC(=O)c1ccc([N+](=O)[O-])cc1)=Cc1ccccc1. The Kier molecular flexibility index (Phi) is 5.35. The van der Waals surface area contributed by atoms with E-state index in [0.29, 0.717) is 5.56 Å². The monoisotopic (exact) mass is 309 g/mol. The fourth-order valence-electron chi connectivity index (χ4n) is 1.84. The lowest BCUT2D eigenvalue weighted by molar-refractivity contribution is -0.384. The van der Waals surface area contributed by atoms with Gasteiger partial charge in [0.15, 0.2) is 0 Å². The number of nitro benzene ring substituents is 1. The van der Waals surface area contributed by atoms with E-state index in [1.54, 1.807) is 0 Å². The second-order valence-electron chi connectivity index (χ2n) is 4.80. The van der Waals surface area contributed by atoms with Crippen molar-refractivity contribution in [3.8, 4) is 0 Å². The topological polar surface area (TPSA) is 84.6 Å². The second kappa shape index (κ2) is 7.65. The molecule has 0 radical (unpaired) electrons. The molecule has 0 aliphatic carbocycles. The first-order valence-electron chi connectivity index (χ1n) is 6.87. The molecule has 0 saturated carbocycles. The number of carbonyl (C=O) groups is 1. The minimum Gasteiger partial charge on any atom is -0.267 e. The molecule has 0 aliphatic heterocycles. The molecule has 6 nitrogen and oxygen atoms in total. The third-order valence-corrected chi connectivity index (χ3v) is 2.97. The fourth-order valence-corrected chi connectivity index (χ4v) is 1.84. The molecular weight excluding hydrogens is 294 g/mol. The van der Waals surface area contributed by atoms with Crippen LogP contribution in [0.2, 0.25) is 0 Å². The van der Waals surface area contributed by atoms with Crippen molar-refractivity contribution in [3.05, 3.63) is 81.4 Å². The van der Waals surface area contributed by atoms with Gasteiger partial charge in [-0.25, -0.2) is 5.43 Å². The minimum absolute atomic E-state index is 0.0632. The third-order valence-electron chi connectivity index (χ3n) is 2.97. The lowest BCUT2D eigenvalue weighted by atomic mass is 10.1. The van der Waals surface area contributed by atoms with Gasteiger partial charge < -0.3 is 0 Å². The van der Waals surface area contributed by atoms with E-state index in [1.165, 1.54) is 30.5 Å². The van der Waals surface area contributed by atoms with Gasteiger partial charge in [0.05, 0.1) is 11.1 Å². The predicted molar refractivity (Wildman–Crippen MR) is 89.1 cm³/mol. The zero-order valence-corrected chi connectivity index (χ0v) is 12.5. The van der Waals surface area contributed by atoms with Crippen LogP contribution in [0.5, 0.6) is 0 Å². The van der Waals surface area contributed by atoms with E-state index in [9.17, 15) is 14.9 Å². The van der Waals surface area contributed by atoms with Gasteiger partial charge in [0.1, 0.15) is 0 Å². The van der Waals surface area contributed by atoms with E-state index in [0.717, 1.165) is 11.1 Å². The summed E-state index contributed by atoms with van der Waals surface area (Å²) in [4.78, 5) is 21.9. The molecule has 23 heavy (non-hydrogen) atoms. The molecule has 0 atom stereocenters. The van der Waals surface area contributed by atoms with E-state index in [2.05, 4.69) is 10.5 Å². The number of nitrogens with one attached hydrogen (secondary N) is 1. The number of carbonyl (C=O) groups excluding carboxylic acids is 1. The number of amides is 1. The van der Waals surface area contributed by atoms with E-state index in [1.807, 2.05) is 43.3 Å². The van der Waals surface area contributed by atoms with Crippen LogP contribution in [0.25, 0.3) is 6.08 Å². The summed E-state index contributed by atoms with van der Waals surface area (Å²) in [6, 6.07) is 15.1. The van der Waals surface area contributed by atoms with Crippen molar-refractivity contribution in [2.75, 3.05) is 0 Å². The Morgan fingerprint density at radius 3 is 2.39 bits per heavy atom. The molecular formula is C17H15N3O3. The van der Waals surface area contributed by atoms with Gasteiger partial charge in [0, 0.05) is 17.7 Å². The van der Waals surface area contributed by atoms with Gasteiger partial charge in [0.25, 0.3) is 11.6 Å². The van der Waals surface area contributed by atoms with Crippen LogP contribution < -0.4 is 5.43 Å². The molecule has 1 N–H and O–H groups in total. The van der Waals surface area contributed by atoms with Crippen LogP contribution in [0, 0.1) is 10.1 Å².